The van der Waals surface area contributed by atoms with E-state index in [1.807, 2.05) is 37.3 Å². The zero-order valence-corrected chi connectivity index (χ0v) is 18.0. The molecule has 2 N–H and O–H groups in total. The Hall–Kier alpha value is -3.35. The number of aromatic nitrogens is 3. The number of H-pyrrole nitrogens is 1. The Balaban J connectivity index is 1.59. The standard InChI is InChI=1S/C23H28N4O3/c1-14(2)19-11-6-15(3)12-20(19)30-16(4)23(28)24-13-21-25-22(27-26-21)17-7-9-18(29-5)10-8-17/h6-12,14,16H,13H2,1-5H3,(H,24,28)(H,25,26,27). The van der Waals surface area contributed by atoms with E-state index in [2.05, 4.69) is 46.5 Å². The zero-order chi connectivity index (χ0) is 21.7. The van der Waals surface area contributed by atoms with Gasteiger partial charge in [0.25, 0.3) is 5.91 Å². The van der Waals surface area contributed by atoms with Gasteiger partial charge in [0.15, 0.2) is 11.9 Å². The van der Waals surface area contributed by atoms with Crippen LogP contribution < -0.4 is 14.8 Å². The third-order valence-corrected chi connectivity index (χ3v) is 4.77. The summed E-state index contributed by atoms with van der Waals surface area (Å²) >= 11 is 0. The highest BCUT2D eigenvalue weighted by Gasteiger charge is 2.18. The number of hydrogen-bond acceptors (Lipinski definition) is 5. The number of amides is 1. The van der Waals surface area contributed by atoms with Crippen LogP contribution in [0, 0.1) is 6.92 Å². The molecular formula is C23H28N4O3. The second-order valence-corrected chi connectivity index (χ2v) is 7.51. The average Bonchev–Trinajstić information content (AvgIpc) is 3.21. The van der Waals surface area contributed by atoms with Crippen LogP contribution in [0.2, 0.25) is 0 Å². The Bertz CT molecular complexity index is 996. The molecule has 0 aliphatic rings. The molecule has 0 saturated heterocycles. The molecule has 1 atom stereocenters. The van der Waals surface area contributed by atoms with Crippen molar-refractivity contribution >= 4 is 5.91 Å². The SMILES string of the molecule is COc1ccc(-c2n[nH]c(CNC(=O)C(C)Oc3cc(C)ccc3C(C)C)n2)cc1. The van der Waals surface area contributed by atoms with E-state index >= 15 is 0 Å². The molecule has 2 aromatic carbocycles. The highest BCUT2D eigenvalue weighted by Crippen LogP contribution is 2.28. The predicted molar refractivity (Wildman–Crippen MR) is 116 cm³/mol. The Labute approximate surface area is 176 Å². The molecule has 0 aliphatic carbocycles. The number of rotatable bonds is 8. The van der Waals surface area contributed by atoms with E-state index in [0.29, 0.717) is 17.6 Å². The molecule has 0 spiro atoms. The predicted octanol–water partition coefficient (Wildman–Crippen LogP) is 4.00. The fraction of sp³-hybridized carbons (Fsp3) is 0.348. The third kappa shape index (κ3) is 5.17. The molecule has 0 bridgehead atoms. The molecule has 0 radical (unpaired) electrons. The minimum absolute atomic E-state index is 0.214. The maximum absolute atomic E-state index is 12.5. The average molecular weight is 409 g/mol. The molecule has 7 heteroatoms. The van der Waals surface area contributed by atoms with Crippen molar-refractivity contribution in [2.24, 2.45) is 0 Å². The molecule has 3 aromatic rings. The quantitative estimate of drug-likeness (QED) is 0.588. The van der Waals surface area contributed by atoms with E-state index in [-0.39, 0.29) is 12.5 Å². The number of nitrogens with one attached hydrogen (secondary N) is 2. The van der Waals surface area contributed by atoms with E-state index in [1.165, 1.54) is 0 Å². The first-order valence-electron chi connectivity index (χ1n) is 9.98. The lowest BCUT2D eigenvalue weighted by molar-refractivity contribution is -0.127. The number of benzene rings is 2. The summed E-state index contributed by atoms with van der Waals surface area (Å²) in [5, 5.41) is 9.92. The number of aromatic amines is 1. The van der Waals surface area contributed by atoms with Gasteiger partial charge in [0.2, 0.25) is 0 Å². The molecule has 7 nitrogen and oxygen atoms in total. The minimum atomic E-state index is -0.631. The lowest BCUT2D eigenvalue weighted by atomic mass is 10.0. The van der Waals surface area contributed by atoms with E-state index in [9.17, 15) is 4.79 Å². The van der Waals surface area contributed by atoms with Gasteiger partial charge in [-0.3, -0.25) is 9.89 Å². The van der Waals surface area contributed by atoms with Crippen molar-refractivity contribution in [1.29, 1.82) is 0 Å². The van der Waals surface area contributed by atoms with Crippen LogP contribution in [-0.2, 0) is 11.3 Å². The molecule has 0 fully saturated rings. The van der Waals surface area contributed by atoms with Crippen molar-refractivity contribution in [3.05, 3.63) is 59.4 Å². The second kappa shape index (κ2) is 9.43. The van der Waals surface area contributed by atoms with E-state index < -0.39 is 6.10 Å². The van der Waals surface area contributed by atoms with Gasteiger partial charge in [0.05, 0.1) is 13.7 Å². The Morgan fingerprint density at radius 1 is 1.13 bits per heavy atom. The number of methoxy groups -OCH3 is 1. The van der Waals surface area contributed by atoms with Gasteiger partial charge in [-0.2, -0.15) is 5.10 Å². The maximum Gasteiger partial charge on any atom is 0.261 e. The number of carbonyl (C=O) groups excluding carboxylic acids is 1. The molecule has 1 amide bonds. The Kier molecular flexibility index (Phi) is 6.72. The van der Waals surface area contributed by atoms with Crippen LogP contribution in [0.1, 0.15) is 43.6 Å². The number of ether oxygens (including phenoxy) is 2. The van der Waals surface area contributed by atoms with Crippen LogP contribution in [0.3, 0.4) is 0 Å². The van der Waals surface area contributed by atoms with E-state index in [0.717, 1.165) is 28.2 Å². The first kappa shape index (κ1) is 21.4. The summed E-state index contributed by atoms with van der Waals surface area (Å²) < 4.78 is 11.1. The second-order valence-electron chi connectivity index (χ2n) is 7.51. The monoisotopic (exact) mass is 408 g/mol. The summed E-state index contributed by atoms with van der Waals surface area (Å²) in [4.78, 5) is 17.0. The molecule has 30 heavy (non-hydrogen) atoms. The van der Waals surface area contributed by atoms with Crippen molar-refractivity contribution in [2.75, 3.05) is 7.11 Å². The smallest absolute Gasteiger partial charge is 0.261 e. The van der Waals surface area contributed by atoms with Gasteiger partial charge in [0.1, 0.15) is 17.3 Å². The molecule has 1 aromatic heterocycles. The molecule has 158 valence electrons. The first-order chi connectivity index (χ1) is 14.4. The highest BCUT2D eigenvalue weighted by molar-refractivity contribution is 5.80. The van der Waals surface area contributed by atoms with Gasteiger partial charge < -0.3 is 14.8 Å². The summed E-state index contributed by atoms with van der Waals surface area (Å²) in [5.41, 5.74) is 3.04. The summed E-state index contributed by atoms with van der Waals surface area (Å²) in [5.74, 6) is 2.74. The van der Waals surface area contributed by atoms with Crippen molar-refractivity contribution < 1.29 is 14.3 Å². The number of carbonyl (C=O) groups is 1. The van der Waals surface area contributed by atoms with E-state index in [4.69, 9.17) is 9.47 Å². The van der Waals surface area contributed by atoms with E-state index in [1.54, 1.807) is 14.0 Å². The van der Waals surface area contributed by atoms with Gasteiger partial charge in [-0.25, -0.2) is 4.98 Å². The van der Waals surface area contributed by atoms with Gasteiger partial charge in [-0.15, -0.1) is 0 Å². The summed E-state index contributed by atoms with van der Waals surface area (Å²) in [6, 6.07) is 13.5. The highest BCUT2D eigenvalue weighted by atomic mass is 16.5. The molecule has 3 rings (SSSR count). The van der Waals surface area contributed by atoms with Crippen LogP contribution in [0.5, 0.6) is 11.5 Å². The number of aryl methyl sites for hydroxylation is 1. The van der Waals surface area contributed by atoms with Crippen molar-refractivity contribution in [2.45, 2.75) is 46.3 Å². The van der Waals surface area contributed by atoms with Gasteiger partial charge in [-0.05, 0) is 61.2 Å². The largest absolute Gasteiger partial charge is 0.497 e. The minimum Gasteiger partial charge on any atom is -0.497 e. The molecular weight excluding hydrogens is 380 g/mol. The fourth-order valence-electron chi connectivity index (χ4n) is 3.02. The zero-order valence-electron chi connectivity index (χ0n) is 18.0. The Morgan fingerprint density at radius 3 is 2.53 bits per heavy atom. The van der Waals surface area contributed by atoms with Crippen LogP contribution in [0.4, 0.5) is 0 Å². The molecule has 1 unspecified atom stereocenters. The van der Waals surface area contributed by atoms with Crippen LogP contribution >= 0.6 is 0 Å². The molecule has 0 saturated carbocycles. The van der Waals surface area contributed by atoms with Crippen molar-refractivity contribution in [3.8, 4) is 22.9 Å². The topological polar surface area (TPSA) is 89.1 Å². The molecule has 0 aliphatic heterocycles. The summed E-state index contributed by atoms with van der Waals surface area (Å²) in [6.45, 7) is 8.19. The van der Waals surface area contributed by atoms with Gasteiger partial charge >= 0.3 is 0 Å². The van der Waals surface area contributed by atoms with Gasteiger partial charge in [-0.1, -0.05) is 26.0 Å². The van der Waals surface area contributed by atoms with Crippen molar-refractivity contribution in [3.63, 3.8) is 0 Å². The molecule has 1 heterocycles. The van der Waals surface area contributed by atoms with Crippen molar-refractivity contribution in [1.82, 2.24) is 20.5 Å². The van der Waals surface area contributed by atoms with Gasteiger partial charge in [0, 0.05) is 5.56 Å². The number of nitrogens with zero attached hydrogens (tertiary/aromatic N) is 2. The number of hydrogen-bond donors (Lipinski definition) is 2. The summed E-state index contributed by atoms with van der Waals surface area (Å²) in [6.07, 6.45) is -0.631. The maximum atomic E-state index is 12.5. The van der Waals surface area contributed by atoms with Crippen LogP contribution in [0.25, 0.3) is 11.4 Å². The first-order valence-corrected chi connectivity index (χ1v) is 9.98. The normalized spacial score (nSPS) is 11.9. The Morgan fingerprint density at radius 2 is 1.87 bits per heavy atom. The van der Waals surface area contributed by atoms with Crippen LogP contribution in [-0.4, -0.2) is 34.3 Å². The summed E-state index contributed by atoms with van der Waals surface area (Å²) in [7, 11) is 1.62. The lowest BCUT2D eigenvalue weighted by Crippen LogP contribution is -2.36. The third-order valence-electron chi connectivity index (χ3n) is 4.77. The lowest BCUT2D eigenvalue weighted by Gasteiger charge is -2.19. The van der Waals surface area contributed by atoms with Crippen LogP contribution in [0.15, 0.2) is 42.5 Å². The fourth-order valence-corrected chi connectivity index (χ4v) is 3.02.